The minimum absolute atomic E-state index is 0.100. The fraction of sp³-hybridized carbons (Fsp3) is 0.310. The van der Waals surface area contributed by atoms with Crippen molar-refractivity contribution < 1.29 is 27.5 Å². The maximum Gasteiger partial charge on any atom is 0.264 e. The molecule has 2 amide bonds. The summed E-state index contributed by atoms with van der Waals surface area (Å²) in [6.07, 6.45) is 0.334. The summed E-state index contributed by atoms with van der Waals surface area (Å²) < 4.78 is 39.6. The molecule has 0 spiro atoms. The molecule has 0 bridgehead atoms. The average Bonchev–Trinajstić information content (AvgIpc) is 2.96. The van der Waals surface area contributed by atoms with E-state index in [1.807, 2.05) is 31.2 Å². The Hall–Kier alpha value is -3.76. The number of methoxy groups -OCH3 is 2. The second kappa shape index (κ2) is 13.5. The molecule has 0 fully saturated rings. The molecule has 3 rings (SSSR count). The van der Waals surface area contributed by atoms with Gasteiger partial charge in [0, 0.05) is 24.7 Å². The predicted molar refractivity (Wildman–Crippen MR) is 155 cm³/mol. The van der Waals surface area contributed by atoms with E-state index in [9.17, 15) is 18.0 Å². The number of hydrogen-bond acceptors (Lipinski definition) is 6. The summed E-state index contributed by atoms with van der Waals surface area (Å²) in [5.41, 5.74) is 2.02. The molecule has 1 unspecified atom stereocenters. The number of halogens is 1. The molecule has 3 aromatic rings. The molecule has 0 heterocycles. The van der Waals surface area contributed by atoms with E-state index in [2.05, 4.69) is 5.32 Å². The lowest BCUT2D eigenvalue weighted by Gasteiger charge is -2.33. The van der Waals surface area contributed by atoms with Crippen LogP contribution in [-0.2, 0) is 26.2 Å². The van der Waals surface area contributed by atoms with Gasteiger partial charge in [-0.2, -0.15) is 0 Å². The number of nitrogens with one attached hydrogen (secondary N) is 1. The standard InChI is InChI=1S/C29H34ClN3O6S/c1-6-25(29(35)31-3)32(18-21-10-8-7-9-20(21)2)28(34)19-33(23-13-11-22(30)12-14-23)40(36,37)24-15-16-26(38-4)27(17-24)39-5/h7-17,25H,6,18-19H2,1-5H3,(H,31,35). The second-order valence-corrected chi connectivity index (χ2v) is 11.3. The number of carbonyl (C=O) groups is 2. The first-order valence-electron chi connectivity index (χ1n) is 12.6. The van der Waals surface area contributed by atoms with Crippen molar-refractivity contribution in [3.05, 3.63) is 82.9 Å². The van der Waals surface area contributed by atoms with Crippen molar-refractivity contribution in [3.8, 4) is 11.5 Å². The molecule has 0 aliphatic heterocycles. The maximum absolute atomic E-state index is 14.0. The molecule has 0 saturated heterocycles. The number of carbonyl (C=O) groups excluding carboxylic acids is 2. The van der Waals surface area contributed by atoms with E-state index in [1.54, 1.807) is 19.1 Å². The highest BCUT2D eigenvalue weighted by molar-refractivity contribution is 7.92. The molecule has 0 aliphatic rings. The molecule has 0 radical (unpaired) electrons. The zero-order chi connectivity index (χ0) is 29.4. The molecule has 40 heavy (non-hydrogen) atoms. The number of sulfonamides is 1. The molecule has 3 aromatic carbocycles. The summed E-state index contributed by atoms with van der Waals surface area (Å²) in [5, 5.41) is 3.03. The van der Waals surface area contributed by atoms with Gasteiger partial charge >= 0.3 is 0 Å². The molecule has 214 valence electrons. The van der Waals surface area contributed by atoms with Gasteiger partial charge in [0.1, 0.15) is 12.6 Å². The average molecular weight is 588 g/mol. The minimum Gasteiger partial charge on any atom is -0.493 e. The zero-order valence-corrected chi connectivity index (χ0v) is 24.8. The number of ether oxygens (including phenoxy) is 2. The van der Waals surface area contributed by atoms with Gasteiger partial charge in [-0.05, 0) is 60.9 Å². The van der Waals surface area contributed by atoms with Crippen LogP contribution in [0.1, 0.15) is 24.5 Å². The van der Waals surface area contributed by atoms with Crippen LogP contribution in [0.4, 0.5) is 5.69 Å². The molecule has 11 heteroatoms. The summed E-state index contributed by atoms with van der Waals surface area (Å²) in [6, 6.07) is 17.1. The molecular weight excluding hydrogens is 554 g/mol. The lowest BCUT2D eigenvalue weighted by Crippen LogP contribution is -2.51. The van der Waals surface area contributed by atoms with Gasteiger partial charge in [-0.15, -0.1) is 0 Å². The third-order valence-electron chi connectivity index (χ3n) is 6.57. The smallest absolute Gasteiger partial charge is 0.264 e. The van der Waals surface area contributed by atoms with Gasteiger partial charge in [0.15, 0.2) is 11.5 Å². The number of aryl methyl sites for hydroxylation is 1. The third kappa shape index (κ3) is 6.86. The van der Waals surface area contributed by atoms with Crippen molar-refractivity contribution in [1.29, 1.82) is 0 Å². The van der Waals surface area contributed by atoms with Crippen LogP contribution in [0.3, 0.4) is 0 Å². The van der Waals surface area contributed by atoms with Crippen LogP contribution in [0.5, 0.6) is 11.5 Å². The first-order valence-corrected chi connectivity index (χ1v) is 14.4. The van der Waals surface area contributed by atoms with Crippen molar-refractivity contribution in [3.63, 3.8) is 0 Å². The predicted octanol–water partition coefficient (Wildman–Crippen LogP) is 4.41. The van der Waals surface area contributed by atoms with E-state index in [0.29, 0.717) is 17.2 Å². The molecule has 0 aromatic heterocycles. The van der Waals surface area contributed by atoms with Crippen LogP contribution < -0.4 is 19.1 Å². The normalized spacial score (nSPS) is 11.8. The van der Waals surface area contributed by atoms with Gasteiger partial charge in [0.2, 0.25) is 11.8 Å². The number of likely N-dealkylation sites (N-methyl/N-ethyl adjacent to an activating group) is 1. The highest BCUT2D eigenvalue weighted by Gasteiger charge is 2.34. The SMILES string of the molecule is CCC(C(=O)NC)N(Cc1ccccc1C)C(=O)CN(c1ccc(Cl)cc1)S(=O)(=O)c1ccc(OC)c(OC)c1. The zero-order valence-electron chi connectivity index (χ0n) is 23.2. The van der Waals surface area contributed by atoms with Gasteiger partial charge in [-0.1, -0.05) is 42.8 Å². The summed E-state index contributed by atoms with van der Waals surface area (Å²) in [5.74, 6) is -0.308. The van der Waals surface area contributed by atoms with Crippen molar-refractivity contribution in [2.24, 2.45) is 0 Å². The molecule has 1 N–H and O–H groups in total. The Balaban J connectivity index is 2.10. The largest absolute Gasteiger partial charge is 0.493 e. The lowest BCUT2D eigenvalue weighted by atomic mass is 10.1. The quantitative estimate of drug-likeness (QED) is 0.336. The number of amides is 2. The van der Waals surface area contributed by atoms with Crippen LogP contribution in [0, 0.1) is 6.92 Å². The van der Waals surface area contributed by atoms with Crippen LogP contribution in [0.25, 0.3) is 0 Å². The fourth-order valence-corrected chi connectivity index (χ4v) is 5.85. The summed E-state index contributed by atoms with van der Waals surface area (Å²) >= 11 is 6.08. The number of anilines is 1. The van der Waals surface area contributed by atoms with E-state index in [0.717, 1.165) is 15.4 Å². The van der Waals surface area contributed by atoms with E-state index in [4.69, 9.17) is 21.1 Å². The number of hydrogen-bond donors (Lipinski definition) is 1. The van der Waals surface area contributed by atoms with Gasteiger partial charge in [-0.25, -0.2) is 8.42 Å². The van der Waals surface area contributed by atoms with Gasteiger partial charge in [-0.3, -0.25) is 13.9 Å². The Morgan fingerprint density at radius 2 is 1.62 bits per heavy atom. The Labute approximate surface area is 240 Å². The van der Waals surface area contributed by atoms with Gasteiger partial charge < -0.3 is 19.7 Å². The number of nitrogens with zero attached hydrogens (tertiary/aromatic N) is 2. The minimum atomic E-state index is -4.29. The Bertz CT molecular complexity index is 1450. The van der Waals surface area contributed by atoms with E-state index >= 15 is 0 Å². The van der Waals surface area contributed by atoms with Crippen molar-refractivity contribution in [1.82, 2.24) is 10.2 Å². The molecular formula is C29H34ClN3O6S. The molecule has 0 aliphatic carbocycles. The topological polar surface area (TPSA) is 105 Å². The van der Waals surface area contributed by atoms with Crippen LogP contribution in [0.15, 0.2) is 71.6 Å². The highest BCUT2D eigenvalue weighted by Crippen LogP contribution is 2.33. The fourth-order valence-electron chi connectivity index (χ4n) is 4.30. The number of benzene rings is 3. The third-order valence-corrected chi connectivity index (χ3v) is 8.59. The summed E-state index contributed by atoms with van der Waals surface area (Å²) in [6.45, 7) is 3.29. The Morgan fingerprint density at radius 3 is 2.20 bits per heavy atom. The Morgan fingerprint density at radius 1 is 0.975 bits per heavy atom. The lowest BCUT2D eigenvalue weighted by molar-refractivity contribution is -0.140. The van der Waals surface area contributed by atoms with E-state index in [-0.39, 0.29) is 28.8 Å². The van der Waals surface area contributed by atoms with Gasteiger partial charge in [0.05, 0.1) is 24.8 Å². The first kappa shape index (κ1) is 30.8. The van der Waals surface area contributed by atoms with Crippen LogP contribution in [0.2, 0.25) is 5.02 Å². The van der Waals surface area contributed by atoms with Crippen LogP contribution >= 0.6 is 11.6 Å². The summed E-state index contributed by atoms with van der Waals surface area (Å²) in [4.78, 5) is 28.2. The summed E-state index contributed by atoms with van der Waals surface area (Å²) in [7, 11) is 0.0706. The molecule has 9 nitrogen and oxygen atoms in total. The Kier molecular flexibility index (Phi) is 10.4. The van der Waals surface area contributed by atoms with Crippen molar-refractivity contribution in [2.75, 3.05) is 32.1 Å². The number of rotatable bonds is 12. The second-order valence-electron chi connectivity index (χ2n) is 8.99. The molecule has 0 saturated carbocycles. The van der Waals surface area contributed by atoms with Crippen LogP contribution in [-0.4, -0.2) is 59.0 Å². The maximum atomic E-state index is 14.0. The van der Waals surface area contributed by atoms with Crippen molar-refractivity contribution >= 4 is 39.1 Å². The van der Waals surface area contributed by atoms with Gasteiger partial charge in [0.25, 0.3) is 10.0 Å². The van der Waals surface area contributed by atoms with E-state index in [1.165, 1.54) is 56.5 Å². The monoisotopic (exact) mass is 587 g/mol. The van der Waals surface area contributed by atoms with E-state index < -0.39 is 28.5 Å². The highest BCUT2D eigenvalue weighted by atomic mass is 35.5. The molecule has 1 atom stereocenters. The van der Waals surface area contributed by atoms with Crippen molar-refractivity contribution in [2.45, 2.75) is 37.8 Å². The first-order chi connectivity index (χ1) is 19.1.